The van der Waals surface area contributed by atoms with Crippen LogP contribution >= 0.6 is 0 Å². The van der Waals surface area contributed by atoms with Gasteiger partial charge >= 0.3 is 5.97 Å². The first kappa shape index (κ1) is 16.2. The van der Waals surface area contributed by atoms with Crippen molar-refractivity contribution in [3.8, 4) is 6.07 Å². The maximum absolute atomic E-state index is 12.7. The van der Waals surface area contributed by atoms with Gasteiger partial charge in [-0.15, -0.1) is 0 Å². The van der Waals surface area contributed by atoms with Gasteiger partial charge in [-0.2, -0.15) is 10.1 Å². The number of likely N-dealkylation sites (tertiary alicyclic amines) is 1. The quantitative estimate of drug-likeness (QED) is 0.597. The largest absolute Gasteiger partial charge is 0.342 e. The molecule has 23 heavy (non-hydrogen) atoms. The summed E-state index contributed by atoms with van der Waals surface area (Å²) in [6.07, 6.45) is 4.10. The Morgan fingerprint density at radius 3 is 2.87 bits per heavy atom. The lowest BCUT2D eigenvalue weighted by atomic mass is 9.97. The molecule has 2 saturated heterocycles. The molecule has 1 N–H and O–H groups in total. The first-order valence-corrected chi connectivity index (χ1v) is 8.46. The van der Waals surface area contributed by atoms with Crippen LogP contribution in [-0.2, 0) is 19.4 Å². The van der Waals surface area contributed by atoms with Gasteiger partial charge in [0.25, 0.3) is 0 Å². The van der Waals surface area contributed by atoms with Gasteiger partial charge in [0.2, 0.25) is 5.91 Å². The summed E-state index contributed by atoms with van der Waals surface area (Å²) < 4.78 is 0. The predicted molar refractivity (Wildman–Crippen MR) is 79.7 cm³/mol. The zero-order chi connectivity index (χ0) is 16.4. The summed E-state index contributed by atoms with van der Waals surface area (Å²) in [6, 6.07) is 1.72. The first-order valence-electron chi connectivity index (χ1n) is 8.46. The van der Waals surface area contributed by atoms with E-state index >= 15 is 0 Å². The molecule has 1 saturated carbocycles. The molecule has 3 fully saturated rings. The third kappa shape index (κ3) is 3.19. The van der Waals surface area contributed by atoms with Gasteiger partial charge in [-0.05, 0) is 38.0 Å². The van der Waals surface area contributed by atoms with Gasteiger partial charge in [-0.25, -0.2) is 4.79 Å². The van der Waals surface area contributed by atoms with Gasteiger partial charge in [-0.3, -0.25) is 9.68 Å². The predicted octanol–water partition coefficient (Wildman–Crippen LogP) is 0.895. The Balaban J connectivity index is 1.51. The molecule has 7 heteroatoms. The Morgan fingerprint density at radius 2 is 2.22 bits per heavy atom. The van der Waals surface area contributed by atoms with E-state index in [0.717, 1.165) is 25.7 Å². The fraction of sp³-hybridized carbons (Fsp3) is 0.812. The van der Waals surface area contributed by atoms with E-state index in [1.807, 2.05) is 6.92 Å². The molecule has 0 spiro atoms. The Bertz CT molecular complexity index is 518. The van der Waals surface area contributed by atoms with Crippen molar-refractivity contribution in [1.29, 1.82) is 5.26 Å². The van der Waals surface area contributed by atoms with Crippen LogP contribution in [0.4, 0.5) is 0 Å². The van der Waals surface area contributed by atoms with E-state index in [1.54, 1.807) is 4.90 Å². The summed E-state index contributed by atoms with van der Waals surface area (Å²) in [4.78, 5) is 35.8. The van der Waals surface area contributed by atoms with Gasteiger partial charge < -0.3 is 10.2 Å². The van der Waals surface area contributed by atoms with Crippen LogP contribution in [0.15, 0.2) is 0 Å². The van der Waals surface area contributed by atoms with Crippen molar-refractivity contribution in [3.05, 3.63) is 0 Å². The van der Waals surface area contributed by atoms with Crippen LogP contribution in [0.1, 0.15) is 45.4 Å². The molecule has 0 aromatic carbocycles. The number of nitriles is 1. The van der Waals surface area contributed by atoms with Crippen molar-refractivity contribution < 1.29 is 19.4 Å². The van der Waals surface area contributed by atoms with E-state index in [2.05, 4.69) is 11.4 Å². The third-order valence-electron chi connectivity index (χ3n) is 5.08. The minimum Gasteiger partial charge on any atom is -0.325 e. The molecule has 2 bridgehead atoms. The van der Waals surface area contributed by atoms with Gasteiger partial charge in [0.05, 0.1) is 12.1 Å². The Morgan fingerprint density at radius 1 is 1.39 bits per heavy atom. The summed E-state index contributed by atoms with van der Waals surface area (Å²) in [7, 11) is 0. The van der Waals surface area contributed by atoms with E-state index in [-0.39, 0.29) is 42.0 Å². The number of fused-ring (bicyclic) bond motifs is 2. The Labute approximate surface area is 135 Å². The number of nitrogens with zero attached hydrogens (tertiary/aromatic N) is 2. The molecular formula is C16H23N3O4. The lowest BCUT2D eigenvalue weighted by molar-refractivity contribution is -0.302. The third-order valence-corrected chi connectivity index (χ3v) is 5.08. The number of rotatable bonds is 5. The summed E-state index contributed by atoms with van der Waals surface area (Å²) in [5.74, 6) is -0.137. The second-order valence-corrected chi connectivity index (χ2v) is 6.64. The van der Waals surface area contributed by atoms with Crippen molar-refractivity contribution in [2.45, 2.75) is 69.7 Å². The minimum absolute atomic E-state index is 0.0305. The molecule has 1 aliphatic carbocycles. The Hall–Kier alpha value is -1.65. The molecule has 2 aliphatic heterocycles. The Kier molecular flexibility index (Phi) is 4.83. The van der Waals surface area contributed by atoms with E-state index in [0.29, 0.717) is 19.4 Å². The van der Waals surface area contributed by atoms with Crippen LogP contribution < -0.4 is 5.32 Å². The molecule has 3 aliphatic rings. The van der Waals surface area contributed by atoms with Crippen molar-refractivity contribution in [2.24, 2.45) is 5.92 Å². The van der Waals surface area contributed by atoms with E-state index in [9.17, 15) is 9.59 Å². The number of carbonyl (C=O) groups excluding carboxylic acids is 2. The number of piperidine rings is 1. The fourth-order valence-corrected chi connectivity index (χ4v) is 3.93. The number of amides is 1. The maximum atomic E-state index is 12.7. The van der Waals surface area contributed by atoms with Crippen molar-refractivity contribution >= 4 is 11.9 Å². The molecular weight excluding hydrogens is 298 g/mol. The average molecular weight is 321 g/mol. The lowest BCUT2D eigenvalue weighted by Gasteiger charge is -2.31. The van der Waals surface area contributed by atoms with Crippen LogP contribution in [-0.4, -0.2) is 47.6 Å². The van der Waals surface area contributed by atoms with Gasteiger partial charge in [0.15, 0.2) is 0 Å². The normalized spacial score (nSPS) is 35.3. The molecule has 0 aromatic heterocycles. The molecule has 126 valence electrons. The van der Waals surface area contributed by atoms with Gasteiger partial charge in [0.1, 0.15) is 12.1 Å². The topological polar surface area (TPSA) is 91.7 Å². The molecule has 0 radical (unpaired) electrons. The first-order chi connectivity index (χ1) is 11.1. The second-order valence-electron chi connectivity index (χ2n) is 6.64. The molecule has 5 atom stereocenters. The zero-order valence-corrected chi connectivity index (χ0v) is 13.4. The highest BCUT2D eigenvalue weighted by molar-refractivity contribution is 5.83. The highest BCUT2D eigenvalue weighted by Crippen LogP contribution is 2.38. The van der Waals surface area contributed by atoms with Crippen LogP contribution in [0.2, 0.25) is 0 Å². The second kappa shape index (κ2) is 6.85. The van der Waals surface area contributed by atoms with Crippen LogP contribution in [0.25, 0.3) is 0 Å². The monoisotopic (exact) mass is 321 g/mol. The highest BCUT2D eigenvalue weighted by atomic mass is 17.2. The van der Waals surface area contributed by atoms with E-state index in [1.165, 1.54) is 0 Å². The number of hydrogen-bond donors (Lipinski definition) is 1. The van der Waals surface area contributed by atoms with Crippen LogP contribution in [0.5, 0.6) is 0 Å². The number of hydrogen-bond acceptors (Lipinski definition) is 6. The van der Waals surface area contributed by atoms with Crippen molar-refractivity contribution in [1.82, 2.24) is 10.2 Å². The smallest absolute Gasteiger partial charge is 0.325 e. The lowest BCUT2D eigenvalue weighted by Crippen LogP contribution is -2.53. The molecule has 3 rings (SSSR count). The number of nitrogens with one attached hydrogen (secondary N) is 1. The SMILES string of the molecule is CCCC(=O)OO[C@@H]1C[C@@H]2C[C@H]1N[C@@H]2C(=O)N1CCC[C@H]1C#N. The summed E-state index contributed by atoms with van der Waals surface area (Å²) in [5.41, 5.74) is 0. The standard InChI is InChI=1S/C16H23N3O4/c1-2-4-14(20)23-22-13-8-10-7-12(13)18-15(10)16(21)19-6-3-5-11(19)9-17/h10-13,15,18H,2-8H2,1H3/t10-,11-,12+,13+,15-/m0/s1. The molecule has 1 amide bonds. The molecule has 0 unspecified atom stereocenters. The molecule has 0 aromatic rings. The minimum atomic E-state index is -0.350. The highest BCUT2D eigenvalue weighted by Gasteiger charge is 2.51. The van der Waals surface area contributed by atoms with E-state index in [4.69, 9.17) is 15.0 Å². The summed E-state index contributed by atoms with van der Waals surface area (Å²) >= 11 is 0. The molecule has 7 nitrogen and oxygen atoms in total. The fourth-order valence-electron chi connectivity index (χ4n) is 3.93. The van der Waals surface area contributed by atoms with Crippen molar-refractivity contribution in [2.75, 3.05) is 6.54 Å². The zero-order valence-electron chi connectivity index (χ0n) is 13.4. The summed E-state index contributed by atoms with van der Waals surface area (Å²) in [5, 5.41) is 12.4. The van der Waals surface area contributed by atoms with Crippen LogP contribution in [0.3, 0.4) is 0 Å². The summed E-state index contributed by atoms with van der Waals surface area (Å²) in [6.45, 7) is 2.57. The van der Waals surface area contributed by atoms with Crippen molar-refractivity contribution in [3.63, 3.8) is 0 Å². The van der Waals surface area contributed by atoms with Crippen LogP contribution in [0, 0.1) is 17.2 Å². The average Bonchev–Trinajstić information content (AvgIpc) is 3.26. The number of carbonyl (C=O) groups is 2. The molecule has 2 heterocycles. The maximum Gasteiger partial charge on any atom is 0.342 e. The van der Waals surface area contributed by atoms with E-state index < -0.39 is 0 Å². The van der Waals surface area contributed by atoms with Gasteiger partial charge in [-0.1, -0.05) is 6.92 Å². The van der Waals surface area contributed by atoms with Gasteiger partial charge in [0, 0.05) is 19.0 Å².